The van der Waals surface area contributed by atoms with E-state index < -0.39 is 0 Å². The zero-order valence-corrected chi connectivity index (χ0v) is 11.9. The van der Waals surface area contributed by atoms with E-state index in [9.17, 15) is 0 Å². The summed E-state index contributed by atoms with van der Waals surface area (Å²) in [5.74, 6) is 0. The summed E-state index contributed by atoms with van der Waals surface area (Å²) in [6, 6.07) is 0.698. The van der Waals surface area contributed by atoms with Crippen LogP contribution in [0.2, 0.25) is 0 Å². The molecule has 3 heteroatoms. The number of hydrogen-bond donors (Lipinski definition) is 1. The molecule has 1 unspecified atom stereocenters. The molecule has 0 aromatic carbocycles. The first-order chi connectivity index (χ1) is 7.57. The Labute approximate surface area is 102 Å². The molecule has 0 radical (unpaired) electrons. The normalized spacial score (nSPS) is 13.7. The van der Waals surface area contributed by atoms with Gasteiger partial charge in [-0.1, -0.05) is 6.92 Å². The highest BCUT2D eigenvalue weighted by Crippen LogP contribution is 2.03. The molecule has 0 aromatic heterocycles. The Hall–Kier alpha value is -0.120. The van der Waals surface area contributed by atoms with Crippen molar-refractivity contribution < 1.29 is 0 Å². The average Bonchev–Trinajstić information content (AvgIpc) is 2.25. The Morgan fingerprint density at radius 2 is 1.75 bits per heavy atom. The minimum atomic E-state index is 0.698. The van der Waals surface area contributed by atoms with E-state index in [1.807, 2.05) is 0 Å². The monoisotopic (exact) mass is 229 g/mol. The highest BCUT2D eigenvalue weighted by molar-refractivity contribution is 4.65. The van der Waals surface area contributed by atoms with Crippen LogP contribution in [0, 0.1) is 0 Å². The summed E-state index contributed by atoms with van der Waals surface area (Å²) in [7, 11) is 6.49. The molecule has 0 fully saturated rings. The van der Waals surface area contributed by atoms with Crippen molar-refractivity contribution in [2.45, 2.75) is 39.2 Å². The van der Waals surface area contributed by atoms with Crippen molar-refractivity contribution >= 4 is 0 Å². The van der Waals surface area contributed by atoms with Gasteiger partial charge in [0.25, 0.3) is 0 Å². The van der Waals surface area contributed by atoms with E-state index in [0.717, 1.165) is 19.6 Å². The Bertz CT molecular complexity index is 148. The van der Waals surface area contributed by atoms with E-state index >= 15 is 0 Å². The molecule has 16 heavy (non-hydrogen) atoms. The summed E-state index contributed by atoms with van der Waals surface area (Å²) in [5, 5.41) is 3.45. The fourth-order valence-corrected chi connectivity index (χ4v) is 1.62. The predicted octanol–water partition coefficient (Wildman–Crippen LogP) is 1.65. The molecule has 98 valence electrons. The van der Waals surface area contributed by atoms with Crippen LogP contribution in [0.3, 0.4) is 0 Å². The topological polar surface area (TPSA) is 18.5 Å². The number of likely N-dealkylation sites (N-methyl/N-ethyl adjacent to an activating group) is 2. The Morgan fingerprint density at radius 3 is 2.31 bits per heavy atom. The summed E-state index contributed by atoms with van der Waals surface area (Å²) in [4.78, 5) is 4.70. The SMILES string of the molecule is CCCNCCCC(C)N(C)CCN(C)C. The summed E-state index contributed by atoms with van der Waals surface area (Å²) in [6.45, 7) is 9.18. The molecule has 1 atom stereocenters. The van der Waals surface area contributed by atoms with Gasteiger partial charge in [0.05, 0.1) is 0 Å². The maximum atomic E-state index is 3.45. The highest BCUT2D eigenvalue weighted by Gasteiger charge is 2.08. The Balaban J connectivity index is 3.43. The summed E-state index contributed by atoms with van der Waals surface area (Å²) in [5.41, 5.74) is 0. The van der Waals surface area contributed by atoms with Crippen LogP contribution in [0.5, 0.6) is 0 Å². The fourth-order valence-electron chi connectivity index (χ4n) is 1.62. The van der Waals surface area contributed by atoms with Crippen molar-refractivity contribution in [1.29, 1.82) is 0 Å². The van der Waals surface area contributed by atoms with Crippen molar-refractivity contribution in [3.05, 3.63) is 0 Å². The van der Waals surface area contributed by atoms with E-state index in [2.05, 4.69) is 50.1 Å². The number of nitrogens with zero attached hydrogens (tertiary/aromatic N) is 2. The van der Waals surface area contributed by atoms with Crippen molar-refractivity contribution in [3.8, 4) is 0 Å². The molecule has 0 spiro atoms. The highest BCUT2D eigenvalue weighted by atomic mass is 15.2. The average molecular weight is 229 g/mol. The minimum Gasteiger partial charge on any atom is -0.317 e. The van der Waals surface area contributed by atoms with Crippen LogP contribution in [0.15, 0.2) is 0 Å². The fraction of sp³-hybridized carbons (Fsp3) is 1.00. The van der Waals surface area contributed by atoms with Crippen LogP contribution in [-0.2, 0) is 0 Å². The van der Waals surface area contributed by atoms with Crippen LogP contribution in [0.25, 0.3) is 0 Å². The third-order valence-electron chi connectivity index (χ3n) is 3.05. The van der Waals surface area contributed by atoms with Gasteiger partial charge in [-0.3, -0.25) is 0 Å². The summed E-state index contributed by atoms with van der Waals surface area (Å²) in [6.07, 6.45) is 3.81. The molecule has 0 bridgehead atoms. The second-order valence-electron chi connectivity index (χ2n) is 5.03. The van der Waals surface area contributed by atoms with Gasteiger partial charge in [-0.2, -0.15) is 0 Å². The smallest absolute Gasteiger partial charge is 0.0109 e. The lowest BCUT2D eigenvalue weighted by atomic mass is 10.1. The first kappa shape index (κ1) is 15.9. The van der Waals surface area contributed by atoms with Crippen LogP contribution in [0.4, 0.5) is 0 Å². The van der Waals surface area contributed by atoms with Gasteiger partial charge in [0.15, 0.2) is 0 Å². The maximum absolute atomic E-state index is 3.45. The molecule has 0 rings (SSSR count). The van der Waals surface area contributed by atoms with Gasteiger partial charge in [-0.15, -0.1) is 0 Å². The van der Waals surface area contributed by atoms with E-state index in [-0.39, 0.29) is 0 Å². The van der Waals surface area contributed by atoms with Crippen molar-refractivity contribution in [3.63, 3.8) is 0 Å². The van der Waals surface area contributed by atoms with E-state index in [1.165, 1.54) is 25.8 Å². The lowest BCUT2D eigenvalue weighted by Crippen LogP contribution is -2.35. The van der Waals surface area contributed by atoms with Gasteiger partial charge >= 0.3 is 0 Å². The predicted molar refractivity (Wildman–Crippen MR) is 73.0 cm³/mol. The molecule has 0 saturated carbocycles. The summed E-state index contributed by atoms with van der Waals surface area (Å²) < 4.78 is 0. The van der Waals surface area contributed by atoms with Gasteiger partial charge in [0.2, 0.25) is 0 Å². The maximum Gasteiger partial charge on any atom is 0.0109 e. The summed E-state index contributed by atoms with van der Waals surface area (Å²) >= 11 is 0. The first-order valence-electron chi connectivity index (χ1n) is 6.63. The lowest BCUT2D eigenvalue weighted by Gasteiger charge is -2.26. The zero-order valence-electron chi connectivity index (χ0n) is 11.9. The van der Waals surface area contributed by atoms with Crippen molar-refractivity contribution in [2.75, 3.05) is 47.3 Å². The van der Waals surface area contributed by atoms with Crippen molar-refractivity contribution in [2.24, 2.45) is 0 Å². The molecule has 0 aliphatic rings. The standard InChI is InChI=1S/C13H31N3/c1-6-9-14-10-7-8-13(2)16(5)12-11-15(3)4/h13-14H,6-12H2,1-5H3. The van der Waals surface area contributed by atoms with Crippen molar-refractivity contribution in [1.82, 2.24) is 15.1 Å². The quantitative estimate of drug-likeness (QED) is 0.575. The first-order valence-corrected chi connectivity index (χ1v) is 6.63. The largest absolute Gasteiger partial charge is 0.317 e. The minimum absolute atomic E-state index is 0.698. The van der Waals surface area contributed by atoms with Gasteiger partial charge in [-0.25, -0.2) is 0 Å². The third kappa shape index (κ3) is 9.13. The molecule has 3 nitrogen and oxygen atoms in total. The number of hydrogen-bond acceptors (Lipinski definition) is 3. The molecule has 1 N–H and O–H groups in total. The molecule has 0 heterocycles. The second-order valence-corrected chi connectivity index (χ2v) is 5.03. The van der Waals surface area contributed by atoms with E-state index in [1.54, 1.807) is 0 Å². The Kier molecular flexibility index (Phi) is 9.99. The molecule has 0 aromatic rings. The van der Waals surface area contributed by atoms with Gasteiger partial charge in [0.1, 0.15) is 0 Å². The van der Waals surface area contributed by atoms with Crippen LogP contribution < -0.4 is 5.32 Å². The third-order valence-corrected chi connectivity index (χ3v) is 3.05. The number of nitrogens with one attached hydrogen (secondary N) is 1. The molecule has 0 aliphatic carbocycles. The van der Waals surface area contributed by atoms with Crippen LogP contribution >= 0.6 is 0 Å². The van der Waals surface area contributed by atoms with Gasteiger partial charge < -0.3 is 15.1 Å². The number of rotatable bonds is 10. The second kappa shape index (κ2) is 10.1. The van der Waals surface area contributed by atoms with Crippen LogP contribution in [0.1, 0.15) is 33.1 Å². The van der Waals surface area contributed by atoms with E-state index in [0.29, 0.717) is 6.04 Å². The molecule has 0 aliphatic heterocycles. The van der Waals surface area contributed by atoms with Gasteiger partial charge in [0, 0.05) is 19.1 Å². The molecular weight excluding hydrogens is 198 g/mol. The van der Waals surface area contributed by atoms with Gasteiger partial charge in [-0.05, 0) is 60.4 Å². The van der Waals surface area contributed by atoms with E-state index in [4.69, 9.17) is 0 Å². The lowest BCUT2D eigenvalue weighted by molar-refractivity contribution is 0.217. The zero-order chi connectivity index (χ0) is 12.4. The Morgan fingerprint density at radius 1 is 1.06 bits per heavy atom. The molecular formula is C13H31N3. The molecule has 0 saturated heterocycles. The molecule has 0 amide bonds. The van der Waals surface area contributed by atoms with Crippen LogP contribution in [-0.4, -0.2) is 63.2 Å².